The highest BCUT2D eigenvalue weighted by molar-refractivity contribution is 5.95. The van der Waals surface area contributed by atoms with Crippen LogP contribution >= 0.6 is 0 Å². The third-order valence-corrected chi connectivity index (χ3v) is 2.57. The van der Waals surface area contributed by atoms with Gasteiger partial charge >= 0.3 is 0 Å². The molecule has 0 aliphatic heterocycles. The lowest BCUT2D eigenvalue weighted by Gasteiger charge is -2.12. The normalized spacial score (nSPS) is 15.0. The fourth-order valence-corrected chi connectivity index (χ4v) is 1.64. The number of hydrogen-bond donors (Lipinski definition) is 1. The predicted octanol–water partition coefficient (Wildman–Crippen LogP) is 1.89. The highest BCUT2D eigenvalue weighted by Gasteiger charge is 2.25. The molecule has 0 spiro atoms. The Morgan fingerprint density at radius 1 is 1.53 bits per heavy atom. The summed E-state index contributed by atoms with van der Waals surface area (Å²) in [5.41, 5.74) is 6.82. The SMILES string of the molecule is CCc1c(OC2CC2)cccc1C(N)=O. The summed E-state index contributed by atoms with van der Waals surface area (Å²) in [6, 6.07) is 5.47. The summed E-state index contributed by atoms with van der Waals surface area (Å²) < 4.78 is 5.73. The molecule has 1 aromatic rings. The van der Waals surface area contributed by atoms with Gasteiger partial charge in [0.25, 0.3) is 0 Å². The van der Waals surface area contributed by atoms with Crippen LogP contribution < -0.4 is 10.5 Å². The van der Waals surface area contributed by atoms with Crippen molar-refractivity contribution < 1.29 is 9.53 Å². The lowest BCUT2D eigenvalue weighted by atomic mass is 10.0. The van der Waals surface area contributed by atoms with Crippen LogP contribution in [0.2, 0.25) is 0 Å². The van der Waals surface area contributed by atoms with Crippen molar-refractivity contribution >= 4 is 5.91 Å². The van der Waals surface area contributed by atoms with Crippen LogP contribution in [0.3, 0.4) is 0 Å². The Labute approximate surface area is 89.2 Å². The number of carbonyl (C=O) groups excluding carboxylic acids is 1. The third kappa shape index (κ3) is 2.12. The van der Waals surface area contributed by atoms with Crippen molar-refractivity contribution in [3.05, 3.63) is 29.3 Å². The summed E-state index contributed by atoms with van der Waals surface area (Å²) in [5, 5.41) is 0. The van der Waals surface area contributed by atoms with Gasteiger partial charge in [0.1, 0.15) is 5.75 Å². The van der Waals surface area contributed by atoms with E-state index in [2.05, 4.69) is 0 Å². The maximum atomic E-state index is 11.2. The Morgan fingerprint density at radius 3 is 2.80 bits per heavy atom. The molecule has 0 atom stereocenters. The van der Waals surface area contributed by atoms with Crippen molar-refractivity contribution in [2.75, 3.05) is 0 Å². The maximum Gasteiger partial charge on any atom is 0.249 e. The molecule has 3 heteroatoms. The molecule has 0 radical (unpaired) electrons. The van der Waals surface area contributed by atoms with Gasteiger partial charge in [0.15, 0.2) is 0 Å². The standard InChI is InChI=1S/C12H15NO2/c1-2-9-10(12(13)14)4-3-5-11(9)15-8-6-7-8/h3-5,8H,2,6-7H2,1H3,(H2,13,14). The first-order chi connectivity index (χ1) is 7.22. The molecular formula is C12H15NO2. The van der Waals surface area contributed by atoms with E-state index in [-0.39, 0.29) is 5.91 Å². The Balaban J connectivity index is 2.34. The van der Waals surface area contributed by atoms with E-state index >= 15 is 0 Å². The maximum absolute atomic E-state index is 11.2. The molecule has 1 aliphatic rings. The fraction of sp³-hybridized carbons (Fsp3) is 0.417. The lowest BCUT2D eigenvalue weighted by Crippen LogP contribution is -2.14. The van der Waals surface area contributed by atoms with Crippen molar-refractivity contribution in [1.29, 1.82) is 0 Å². The topological polar surface area (TPSA) is 52.3 Å². The van der Waals surface area contributed by atoms with Gasteiger partial charge in [-0.15, -0.1) is 0 Å². The number of rotatable bonds is 4. The molecule has 2 N–H and O–H groups in total. The molecule has 0 saturated heterocycles. The third-order valence-electron chi connectivity index (χ3n) is 2.57. The molecule has 1 aliphatic carbocycles. The number of hydrogen-bond acceptors (Lipinski definition) is 2. The second kappa shape index (κ2) is 3.93. The first-order valence-corrected chi connectivity index (χ1v) is 5.30. The first-order valence-electron chi connectivity index (χ1n) is 5.30. The fourth-order valence-electron chi connectivity index (χ4n) is 1.64. The Hall–Kier alpha value is -1.51. The van der Waals surface area contributed by atoms with E-state index in [1.807, 2.05) is 19.1 Å². The minimum Gasteiger partial charge on any atom is -0.490 e. The van der Waals surface area contributed by atoms with Gasteiger partial charge in [-0.2, -0.15) is 0 Å². The second-order valence-electron chi connectivity index (χ2n) is 3.82. The molecule has 0 aromatic heterocycles. The molecule has 1 saturated carbocycles. The van der Waals surface area contributed by atoms with Gasteiger partial charge in [-0.25, -0.2) is 0 Å². The smallest absolute Gasteiger partial charge is 0.249 e. The van der Waals surface area contributed by atoms with Gasteiger partial charge in [0, 0.05) is 11.1 Å². The van der Waals surface area contributed by atoms with Crippen molar-refractivity contribution in [1.82, 2.24) is 0 Å². The summed E-state index contributed by atoms with van der Waals surface area (Å²) in [7, 11) is 0. The van der Waals surface area contributed by atoms with Crippen molar-refractivity contribution in [3.8, 4) is 5.75 Å². The zero-order chi connectivity index (χ0) is 10.8. The monoisotopic (exact) mass is 205 g/mol. The van der Waals surface area contributed by atoms with Gasteiger partial charge in [-0.1, -0.05) is 13.0 Å². The van der Waals surface area contributed by atoms with E-state index < -0.39 is 0 Å². The van der Waals surface area contributed by atoms with E-state index in [0.29, 0.717) is 11.7 Å². The molecule has 1 aromatic carbocycles. The Bertz CT molecular complexity index is 383. The molecule has 1 amide bonds. The second-order valence-corrected chi connectivity index (χ2v) is 3.82. The van der Waals surface area contributed by atoms with E-state index in [1.54, 1.807) is 6.07 Å². The summed E-state index contributed by atoms with van der Waals surface area (Å²) in [4.78, 5) is 11.2. The van der Waals surface area contributed by atoms with Crippen LogP contribution in [0.15, 0.2) is 18.2 Å². The van der Waals surface area contributed by atoms with Crippen LogP contribution in [0.4, 0.5) is 0 Å². The van der Waals surface area contributed by atoms with Gasteiger partial charge < -0.3 is 10.5 Å². The number of amides is 1. The molecule has 0 heterocycles. The highest BCUT2D eigenvalue weighted by Crippen LogP contribution is 2.30. The molecule has 2 rings (SSSR count). The van der Waals surface area contributed by atoms with Crippen LogP contribution in [-0.2, 0) is 6.42 Å². The Morgan fingerprint density at radius 2 is 2.27 bits per heavy atom. The zero-order valence-electron chi connectivity index (χ0n) is 8.82. The highest BCUT2D eigenvalue weighted by atomic mass is 16.5. The molecule has 0 bridgehead atoms. The number of carbonyl (C=O) groups is 1. The Kier molecular flexibility index (Phi) is 2.62. The number of nitrogens with two attached hydrogens (primary N) is 1. The van der Waals surface area contributed by atoms with E-state index in [1.165, 1.54) is 0 Å². The molecule has 3 nitrogen and oxygen atoms in total. The van der Waals surface area contributed by atoms with Gasteiger partial charge in [0.05, 0.1) is 6.10 Å². The zero-order valence-corrected chi connectivity index (χ0v) is 8.82. The van der Waals surface area contributed by atoms with Crippen molar-refractivity contribution in [2.24, 2.45) is 5.73 Å². The van der Waals surface area contributed by atoms with E-state index in [4.69, 9.17) is 10.5 Å². The van der Waals surface area contributed by atoms with Gasteiger partial charge in [-0.3, -0.25) is 4.79 Å². The van der Waals surface area contributed by atoms with Crippen LogP contribution in [-0.4, -0.2) is 12.0 Å². The number of ether oxygens (including phenoxy) is 1. The summed E-state index contributed by atoms with van der Waals surface area (Å²) in [5.74, 6) is 0.435. The quantitative estimate of drug-likeness (QED) is 0.816. The number of benzene rings is 1. The van der Waals surface area contributed by atoms with Crippen LogP contribution in [0.5, 0.6) is 5.75 Å². The largest absolute Gasteiger partial charge is 0.490 e. The average Bonchev–Trinajstić information content (AvgIpc) is 3.01. The van der Waals surface area contributed by atoms with Gasteiger partial charge in [-0.05, 0) is 31.4 Å². The summed E-state index contributed by atoms with van der Waals surface area (Å²) in [6.45, 7) is 2.00. The van der Waals surface area contributed by atoms with Crippen molar-refractivity contribution in [3.63, 3.8) is 0 Å². The molecule has 15 heavy (non-hydrogen) atoms. The predicted molar refractivity (Wildman–Crippen MR) is 58.0 cm³/mol. The van der Waals surface area contributed by atoms with E-state index in [9.17, 15) is 4.79 Å². The lowest BCUT2D eigenvalue weighted by molar-refractivity contribution is 0.0999. The average molecular weight is 205 g/mol. The molecule has 0 unspecified atom stereocenters. The van der Waals surface area contributed by atoms with Crippen LogP contribution in [0.25, 0.3) is 0 Å². The molecular weight excluding hydrogens is 190 g/mol. The first kappa shape index (κ1) is 10.0. The van der Waals surface area contributed by atoms with Gasteiger partial charge in [0.2, 0.25) is 5.91 Å². The van der Waals surface area contributed by atoms with E-state index in [0.717, 1.165) is 30.6 Å². The van der Waals surface area contributed by atoms with Crippen LogP contribution in [0, 0.1) is 0 Å². The van der Waals surface area contributed by atoms with Crippen molar-refractivity contribution in [2.45, 2.75) is 32.3 Å². The molecule has 1 fully saturated rings. The summed E-state index contributed by atoms with van der Waals surface area (Å²) >= 11 is 0. The molecule has 80 valence electrons. The number of primary amides is 1. The van der Waals surface area contributed by atoms with Crippen LogP contribution in [0.1, 0.15) is 35.7 Å². The minimum absolute atomic E-state index is 0.346. The minimum atomic E-state index is -0.381. The summed E-state index contributed by atoms with van der Waals surface area (Å²) in [6.07, 6.45) is 3.34.